The number of carbonyl (C=O) groups excluding carboxylic acids is 1. The van der Waals surface area contributed by atoms with Crippen molar-refractivity contribution < 1.29 is 4.79 Å². The van der Waals surface area contributed by atoms with E-state index in [1.54, 1.807) is 0 Å². The van der Waals surface area contributed by atoms with Gasteiger partial charge in [-0.05, 0) is 22.4 Å². The molecule has 0 heterocycles. The summed E-state index contributed by atoms with van der Waals surface area (Å²) in [6.07, 6.45) is 1.54. The Labute approximate surface area is 81.9 Å². The number of hydrogen-bond donors (Lipinski definition) is 0. The lowest BCUT2D eigenvalue weighted by molar-refractivity contribution is 0.563. The highest BCUT2D eigenvalue weighted by Crippen LogP contribution is 2.15. The fourth-order valence-corrected chi connectivity index (χ4v) is 1.46. The summed E-state index contributed by atoms with van der Waals surface area (Å²) in [4.78, 5) is 13.5. The molecular weight excluding hydrogens is 174 g/mol. The van der Waals surface area contributed by atoms with E-state index >= 15 is 0 Å². The molecule has 0 aliphatic rings. The lowest BCUT2D eigenvalue weighted by Crippen LogP contribution is -1.81. The Hall–Kier alpha value is -1.92. The molecule has 14 heavy (non-hydrogen) atoms. The quantitative estimate of drug-likeness (QED) is 0.520. The van der Waals surface area contributed by atoms with Crippen molar-refractivity contribution in [3.8, 4) is 0 Å². The highest BCUT2D eigenvalue weighted by atomic mass is 16.1. The van der Waals surface area contributed by atoms with Crippen molar-refractivity contribution in [1.82, 2.24) is 0 Å². The fraction of sp³-hybridized carbons (Fsp3) is 0.0833. The molecule has 2 nitrogen and oxygen atoms in total. The van der Waals surface area contributed by atoms with E-state index in [4.69, 9.17) is 0 Å². The third-order valence-corrected chi connectivity index (χ3v) is 2.14. The first kappa shape index (κ1) is 8.67. The topological polar surface area (TPSA) is 29.4 Å². The molecule has 0 aliphatic heterocycles. The molecule has 0 atom stereocenters. The third kappa shape index (κ3) is 1.70. The Kier molecular flexibility index (Phi) is 2.39. The van der Waals surface area contributed by atoms with Crippen molar-refractivity contribution in [2.24, 2.45) is 4.99 Å². The van der Waals surface area contributed by atoms with Crippen LogP contribution in [0.4, 0.5) is 0 Å². The largest absolute Gasteiger partial charge is 0.235 e. The SMILES string of the molecule is O=C=NCc1ccc2ccccc2c1. The molecule has 68 valence electrons. The van der Waals surface area contributed by atoms with Crippen molar-refractivity contribution in [3.63, 3.8) is 0 Å². The Balaban J connectivity index is 2.45. The van der Waals surface area contributed by atoms with E-state index in [1.165, 1.54) is 16.9 Å². The minimum atomic E-state index is 0.411. The smallest absolute Gasteiger partial charge is 0.211 e. The van der Waals surface area contributed by atoms with Crippen molar-refractivity contribution in [3.05, 3.63) is 48.0 Å². The van der Waals surface area contributed by atoms with Crippen LogP contribution in [0.3, 0.4) is 0 Å². The maximum atomic E-state index is 9.95. The molecule has 0 amide bonds. The molecule has 0 saturated heterocycles. The predicted molar refractivity (Wildman–Crippen MR) is 55.8 cm³/mol. The summed E-state index contributed by atoms with van der Waals surface area (Å²) < 4.78 is 0. The van der Waals surface area contributed by atoms with E-state index in [-0.39, 0.29) is 0 Å². The Morgan fingerprint density at radius 3 is 2.64 bits per heavy atom. The molecule has 0 N–H and O–H groups in total. The highest BCUT2D eigenvalue weighted by Gasteiger charge is 1.94. The molecule has 0 radical (unpaired) electrons. The Morgan fingerprint density at radius 2 is 1.86 bits per heavy atom. The van der Waals surface area contributed by atoms with Gasteiger partial charge in [0.05, 0.1) is 6.54 Å². The minimum absolute atomic E-state index is 0.411. The van der Waals surface area contributed by atoms with Gasteiger partial charge in [-0.25, -0.2) is 9.79 Å². The van der Waals surface area contributed by atoms with Gasteiger partial charge in [0.2, 0.25) is 6.08 Å². The molecule has 2 aromatic carbocycles. The van der Waals surface area contributed by atoms with E-state index in [0.717, 1.165) is 5.56 Å². The number of hydrogen-bond acceptors (Lipinski definition) is 2. The summed E-state index contributed by atoms with van der Waals surface area (Å²) in [5.41, 5.74) is 1.03. The molecule has 2 rings (SSSR count). The number of aliphatic imine (C=N–C) groups is 1. The average molecular weight is 183 g/mol. The summed E-state index contributed by atoms with van der Waals surface area (Å²) in [6, 6.07) is 14.1. The zero-order chi connectivity index (χ0) is 9.80. The van der Waals surface area contributed by atoms with E-state index in [0.29, 0.717) is 6.54 Å². The van der Waals surface area contributed by atoms with Crippen molar-refractivity contribution in [1.29, 1.82) is 0 Å². The molecule has 0 saturated carbocycles. The zero-order valence-electron chi connectivity index (χ0n) is 7.60. The molecule has 0 spiro atoms. The van der Waals surface area contributed by atoms with Crippen molar-refractivity contribution in [2.45, 2.75) is 6.54 Å². The fourth-order valence-electron chi connectivity index (χ4n) is 1.46. The summed E-state index contributed by atoms with van der Waals surface area (Å²) >= 11 is 0. The molecule has 2 aromatic rings. The van der Waals surface area contributed by atoms with Crippen LogP contribution >= 0.6 is 0 Å². The first-order chi connectivity index (χ1) is 6.90. The van der Waals surface area contributed by atoms with E-state index in [2.05, 4.69) is 11.1 Å². The van der Waals surface area contributed by atoms with Gasteiger partial charge < -0.3 is 0 Å². The summed E-state index contributed by atoms with van der Waals surface area (Å²) in [6.45, 7) is 0.411. The lowest BCUT2D eigenvalue weighted by atomic mass is 10.1. The van der Waals surface area contributed by atoms with Crippen LogP contribution in [0.1, 0.15) is 5.56 Å². The van der Waals surface area contributed by atoms with E-state index < -0.39 is 0 Å². The molecule has 0 bridgehead atoms. The zero-order valence-corrected chi connectivity index (χ0v) is 7.60. The van der Waals surface area contributed by atoms with Crippen molar-refractivity contribution in [2.75, 3.05) is 0 Å². The number of rotatable bonds is 2. The van der Waals surface area contributed by atoms with Gasteiger partial charge in [0, 0.05) is 0 Å². The molecule has 0 aromatic heterocycles. The lowest BCUT2D eigenvalue weighted by Gasteiger charge is -1.99. The second-order valence-corrected chi connectivity index (χ2v) is 3.09. The van der Waals surface area contributed by atoms with Crippen molar-refractivity contribution >= 4 is 16.9 Å². The van der Waals surface area contributed by atoms with Crippen LogP contribution in [0.15, 0.2) is 47.5 Å². The van der Waals surface area contributed by atoms with Crippen LogP contribution in [0.5, 0.6) is 0 Å². The second-order valence-electron chi connectivity index (χ2n) is 3.09. The number of benzene rings is 2. The third-order valence-electron chi connectivity index (χ3n) is 2.14. The maximum Gasteiger partial charge on any atom is 0.235 e. The Bertz CT molecular complexity index is 498. The first-order valence-electron chi connectivity index (χ1n) is 4.41. The Morgan fingerprint density at radius 1 is 1.07 bits per heavy atom. The summed E-state index contributed by atoms with van der Waals surface area (Å²) in [5, 5.41) is 2.37. The first-order valence-corrected chi connectivity index (χ1v) is 4.41. The number of fused-ring (bicyclic) bond motifs is 1. The van der Waals surface area contributed by atoms with Gasteiger partial charge in [-0.2, -0.15) is 0 Å². The summed E-state index contributed by atoms with van der Waals surface area (Å²) in [5.74, 6) is 0. The highest BCUT2D eigenvalue weighted by molar-refractivity contribution is 5.82. The average Bonchev–Trinajstić information content (AvgIpc) is 2.26. The van der Waals surface area contributed by atoms with Gasteiger partial charge in [0.25, 0.3) is 0 Å². The molecule has 0 unspecified atom stereocenters. The van der Waals surface area contributed by atoms with Crippen LogP contribution < -0.4 is 0 Å². The van der Waals surface area contributed by atoms with Gasteiger partial charge in [-0.1, -0.05) is 36.4 Å². The van der Waals surface area contributed by atoms with Gasteiger partial charge >= 0.3 is 0 Å². The van der Waals surface area contributed by atoms with Crippen LogP contribution in [-0.2, 0) is 11.3 Å². The van der Waals surface area contributed by atoms with Crippen LogP contribution in [0, 0.1) is 0 Å². The van der Waals surface area contributed by atoms with Crippen LogP contribution in [0.25, 0.3) is 10.8 Å². The van der Waals surface area contributed by atoms with E-state index in [9.17, 15) is 4.79 Å². The molecule has 2 heteroatoms. The van der Waals surface area contributed by atoms with Crippen LogP contribution in [-0.4, -0.2) is 6.08 Å². The maximum absolute atomic E-state index is 9.95. The van der Waals surface area contributed by atoms with E-state index in [1.807, 2.05) is 36.4 Å². The number of nitrogens with zero attached hydrogens (tertiary/aromatic N) is 1. The minimum Gasteiger partial charge on any atom is -0.211 e. The van der Waals surface area contributed by atoms with Gasteiger partial charge in [0.1, 0.15) is 0 Å². The second kappa shape index (κ2) is 3.86. The van der Waals surface area contributed by atoms with Gasteiger partial charge in [-0.3, -0.25) is 0 Å². The molecule has 0 fully saturated rings. The van der Waals surface area contributed by atoms with Crippen LogP contribution in [0.2, 0.25) is 0 Å². The normalized spacial score (nSPS) is 9.71. The predicted octanol–water partition coefficient (Wildman–Crippen LogP) is 2.68. The number of isocyanates is 1. The molecular formula is C12H9NO. The monoisotopic (exact) mass is 183 g/mol. The standard InChI is InChI=1S/C12H9NO/c14-9-13-8-10-5-6-11-3-1-2-4-12(11)7-10/h1-7H,8H2. The van der Waals surface area contributed by atoms with Gasteiger partial charge in [0.15, 0.2) is 0 Å². The molecule has 0 aliphatic carbocycles. The van der Waals surface area contributed by atoms with Gasteiger partial charge in [-0.15, -0.1) is 0 Å². The summed E-state index contributed by atoms with van der Waals surface area (Å²) in [7, 11) is 0.